The molecule has 0 saturated carbocycles. The third-order valence-electron chi connectivity index (χ3n) is 3.88. The molecule has 0 aromatic carbocycles. The lowest BCUT2D eigenvalue weighted by Crippen LogP contribution is -2.46. The molecule has 0 radical (unpaired) electrons. The van der Waals surface area contributed by atoms with E-state index in [0.717, 1.165) is 31.8 Å². The maximum Gasteiger partial charge on any atom is 0.0966 e. The largest absolute Gasteiger partial charge is 0.387 e. The van der Waals surface area contributed by atoms with Gasteiger partial charge in [-0.15, -0.1) is 0 Å². The van der Waals surface area contributed by atoms with Crippen molar-refractivity contribution >= 4 is 5.84 Å². The lowest BCUT2D eigenvalue weighted by molar-refractivity contribution is 0.144. The van der Waals surface area contributed by atoms with E-state index in [1.165, 1.54) is 13.0 Å². The van der Waals surface area contributed by atoms with E-state index in [1.54, 1.807) is 0 Å². The van der Waals surface area contributed by atoms with Crippen LogP contribution in [-0.2, 0) is 0 Å². The van der Waals surface area contributed by atoms with Crippen LogP contribution in [-0.4, -0.2) is 30.4 Å². The Morgan fingerprint density at radius 3 is 2.40 bits per heavy atom. The molecule has 3 N–H and O–H groups in total. The van der Waals surface area contributed by atoms with E-state index in [2.05, 4.69) is 25.7 Å². The normalized spacial score (nSPS) is 23.7. The first-order valence-electron chi connectivity index (χ1n) is 6.05. The Hall–Kier alpha value is -0.570. The zero-order valence-corrected chi connectivity index (χ0v) is 10.3. The molecule has 0 aromatic heterocycles. The predicted molar refractivity (Wildman–Crippen MR) is 65.2 cm³/mol. The van der Waals surface area contributed by atoms with E-state index in [1.807, 2.05) is 0 Å². The Kier molecular flexibility index (Phi) is 4.14. The van der Waals surface area contributed by atoms with E-state index in [9.17, 15) is 0 Å². The summed E-state index contributed by atoms with van der Waals surface area (Å²) in [7, 11) is 0. The summed E-state index contributed by atoms with van der Waals surface area (Å²) in [5, 5.41) is 7.59. The Morgan fingerprint density at radius 2 is 2.00 bits per heavy atom. The van der Waals surface area contributed by atoms with Crippen molar-refractivity contribution in [2.24, 2.45) is 17.1 Å². The highest BCUT2D eigenvalue weighted by atomic mass is 15.1. The number of hydrogen-bond donors (Lipinski definition) is 2. The summed E-state index contributed by atoms with van der Waals surface area (Å²) in [4.78, 5) is 2.51. The molecule has 1 heterocycles. The van der Waals surface area contributed by atoms with E-state index in [4.69, 9.17) is 11.1 Å². The lowest BCUT2D eigenvalue weighted by atomic mass is 9.79. The molecule has 88 valence electrons. The zero-order valence-electron chi connectivity index (χ0n) is 10.3. The number of piperidine rings is 1. The monoisotopic (exact) mass is 211 g/mol. The first-order chi connectivity index (χ1) is 6.98. The summed E-state index contributed by atoms with van der Waals surface area (Å²) in [6.07, 6.45) is 3.33. The predicted octanol–water partition coefficient (Wildman–Crippen LogP) is 2.07. The van der Waals surface area contributed by atoms with Gasteiger partial charge in [-0.2, -0.15) is 0 Å². The number of hydrogen-bond acceptors (Lipinski definition) is 2. The molecular formula is C12H25N3. The van der Waals surface area contributed by atoms with Gasteiger partial charge in [0.2, 0.25) is 0 Å². The third-order valence-corrected chi connectivity index (χ3v) is 3.88. The van der Waals surface area contributed by atoms with Gasteiger partial charge in [0.25, 0.3) is 0 Å². The first kappa shape index (κ1) is 12.5. The molecule has 0 amide bonds. The number of nitrogens with two attached hydrogens (primary N) is 1. The van der Waals surface area contributed by atoms with Crippen LogP contribution < -0.4 is 5.73 Å². The average molecular weight is 211 g/mol. The van der Waals surface area contributed by atoms with Crippen LogP contribution in [0.1, 0.15) is 40.0 Å². The summed E-state index contributed by atoms with van der Waals surface area (Å²) in [5.41, 5.74) is 5.60. The molecule has 1 fully saturated rings. The number of likely N-dealkylation sites (tertiary alicyclic amines) is 1. The summed E-state index contributed by atoms with van der Waals surface area (Å²) >= 11 is 0. The molecule has 1 atom stereocenters. The molecule has 1 saturated heterocycles. The maximum absolute atomic E-state index is 7.59. The molecule has 1 rings (SSSR count). The van der Waals surface area contributed by atoms with Crippen LogP contribution in [0.4, 0.5) is 0 Å². The molecule has 15 heavy (non-hydrogen) atoms. The van der Waals surface area contributed by atoms with E-state index >= 15 is 0 Å². The molecule has 1 unspecified atom stereocenters. The summed E-state index contributed by atoms with van der Waals surface area (Å²) in [6, 6.07) is 0. The Bertz CT molecular complexity index is 217. The van der Waals surface area contributed by atoms with Crippen molar-refractivity contribution < 1.29 is 0 Å². The maximum atomic E-state index is 7.59. The number of nitrogens with zero attached hydrogens (tertiary/aromatic N) is 1. The van der Waals surface area contributed by atoms with Crippen LogP contribution in [0.5, 0.6) is 0 Å². The number of nitrogens with one attached hydrogen (secondary N) is 1. The molecule has 0 spiro atoms. The van der Waals surface area contributed by atoms with Gasteiger partial charge in [-0.1, -0.05) is 27.2 Å². The van der Waals surface area contributed by atoms with Crippen molar-refractivity contribution in [3.8, 4) is 0 Å². The van der Waals surface area contributed by atoms with Crippen LogP contribution in [0.25, 0.3) is 0 Å². The van der Waals surface area contributed by atoms with Gasteiger partial charge < -0.3 is 10.6 Å². The van der Waals surface area contributed by atoms with Gasteiger partial charge in [-0.05, 0) is 31.8 Å². The van der Waals surface area contributed by atoms with Crippen molar-refractivity contribution in [3.63, 3.8) is 0 Å². The third kappa shape index (κ3) is 3.20. The minimum absolute atomic E-state index is 0.0358. The van der Waals surface area contributed by atoms with Crippen molar-refractivity contribution in [1.29, 1.82) is 5.41 Å². The highest BCUT2D eigenvalue weighted by Gasteiger charge is 2.32. The quantitative estimate of drug-likeness (QED) is 0.552. The van der Waals surface area contributed by atoms with Crippen LogP contribution in [0.2, 0.25) is 0 Å². The molecule has 0 aromatic rings. The highest BCUT2D eigenvalue weighted by Crippen LogP contribution is 2.30. The minimum Gasteiger partial charge on any atom is -0.387 e. The van der Waals surface area contributed by atoms with Crippen molar-refractivity contribution in [2.45, 2.75) is 40.0 Å². The van der Waals surface area contributed by atoms with Gasteiger partial charge in [0.05, 0.1) is 5.84 Å². The van der Waals surface area contributed by atoms with E-state index in [-0.39, 0.29) is 5.41 Å². The van der Waals surface area contributed by atoms with Gasteiger partial charge in [-0.25, -0.2) is 0 Å². The summed E-state index contributed by atoms with van der Waals surface area (Å²) < 4.78 is 0. The molecule has 1 aliphatic rings. The Balaban J connectivity index is 2.39. The zero-order chi connectivity index (χ0) is 11.5. The van der Waals surface area contributed by atoms with Gasteiger partial charge in [0.15, 0.2) is 0 Å². The fourth-order valence-electron chi connectivity index (χ4n) is 2.07. The average Bonchev–Trinajstić information content (AvgIpc) is 2.21. The van der Waals surface area contributed by atoms with Crippen LogP contribution in [0, 0.1) is 16.7 Å². The first-order valence-corrected chi connectivity index (χ1v) is 6.05. The van der Waals surface area contributed by atoms with Crippen LogP contribution in [0.3, 0.4) is 0 Å². The van der Waals surface area contributed by atoms with Gasteiger partial charge in [-0.3, -0.25) is 5.41 Å². The van der Waals surface area contributed by atoms with Crippen LogP contribution >= 0.6 is 0 Å². The molecule has 0 aliphatic carbocycles. The second-order valence-electron chi connectivity index (χ2n) is 5.29. The van der Waals surface area contributed by atoms with Gasteiger partial charge >= 0.3 is 0 Å². The summed E-state index contributed by atoms with van der Waals surface area (Å²) in [5.74, 6) is 1.15. The number of rotatable bonds is 4. The molecule has 3 heteroatoms. The fourth-order valence-corrected chi connectivity index (χ4v) is 2.07. The highest BCUT2D eigenvalue weighted by molar-refractivity contribution is 5.83. The minimum atomic E-state index is -0.0358. The number of amidine groups is 1. The second kappa shape index (κ2) is 4.97. The molecule has 3 nitrogen and oxygen atoms in total. The fraction of sp³-hybridized carbons (Fsp3) is 0.917. The Morgan fingerprint density at radius 1 is 1.47 bits per heavy atom. The SMILES string of the molecule is CCC(C)CN1CCC(C)(C(=N)N)CC1. The van der Waals surface area contributed by atoms with Gasteiger partial charge in [0.1, 0.15) is 0 Å². The van der Waals surface area contributed by atoms with Crippen molar-refractivity contribution in [1.82, 2.24) is 4.90 Å². The topological polar surface area (TPSA) is 53.1 Å². The van der Waals surface area contributed by atoms with Gasteiger partial charge in [0, 0.05) is 12.0 Å². The molecule has 1 aliphatic heterocycles. The Labute approximate surface area is 93.5 Å². The lowest BCUT2D eigenvalue weighted by Gasteiger charge is -2.39. The van der Waals surface area contributed by atoms with Crippen molar-refractivity contribution in [2.75, 3.05) is 19.6 Å². The molecular weight excluding hydrogens is 186 g/mol. The smallest absolute Gasteiger partial charge is 0.0966 e. The van der Waals surface area contributed by atoms with Crippen molar-refractivity contribution in [3.05, 3.63) is 0 Å². The summed E-state index contributed by atoms with van der Waals surface area (Å²) in [6.45, 7) is 10.1. The van der Waals surface area contributed by atoms with E-state index in [0.29, 0.717) is 5.84 Å². The standard InChI is InChI=1S/C12H25N3/c1-4-10(2)9-15-7-5-12(3,6-8-15)11(13)14/h10H,4-9H2,1-3H3,(H3,13,14). The van der Waals surface area contributed by atoms with Crippen LogP contribution in [0.15, 0.2) is 0 Å². The molecule has 0 bridgehead atoms. The van der Waals surface area contributed by atoms with E-state index < -0.39 is 0 Å². The second-order valence-corrected chi connectivity index (χ2v) is 5.29.